The van der Waals surface area contributed by atoms with Gasteiger partial charge in [-0.2, -0.15) is 31.4 Å². The normalized spacial score (nSPS) is 14.1. The fourth-order valence-corrected chi connectivity index (χ4v) is 6.28. The van der Waals surface area contributed by atoms with Crippen LogP contribution >= 0.6 is 0 Å². The third-order valence-corrected chi connectivity index (χ3v) is 9.14. The van der Waals surface area contributed by atoms with E-state index < -0.39 is 83.7 Å². The van der Waals surface area contributed by atoms with Crippen molar-refractivity contribution < 1.29 is 65.2 Å². The molecule has 1 heterocycles. The average molecular weight is 849 g/mol. The molecule has 0 aliphatic carbocycles. The fourth-order valence-electron chi connectivity index (χ4n) is 6.28. The average Bonchev–Trinajstić information content (AvgIpc) is 3.63. The quantitative estimate of drug-likeness (QED) is 0.0401. The van der Waals surface area contributed by atoms with Gasteiger partial charge in [0.2, 0.25) is 0 Å². The minimum atomic E-state index is -5.11. The molecule has 4 atom stereocenters. The molecule has 0 radical (unpaired) electrons. The lowest BCUT2D eigenvalue weighted by Gasteiger charge is -2.26. The number of benzene rings is 3. The Hall–Kier alpha value is -5.75. The van der Waals surface area contributed by atoms with E-state index in [1.165, 1.54) is 24.3 Å². The number of aromatic nitrogens is 2. The Morgan fingerprint density at radius 1 is 0.700 bits per heavy atom. The van der Waals surface area contributed by atoms with Gasteiger partial charge in [0.15, 0.2) is 0 Å². The van der Waals surface area contributed by atoms with Gasteiger partial charge in [-0.25, -0.2) is 14.3 Å². The number of nitrogens with one attached hydrogen (secondary N) is 2. The van der Waals surface area contributed by atoms with E-state index in [2.05, 4.69) is 15.7 Å². The van der Waals surface area contributed by atoms with Gasteiger partial charge in [-0.15, -0.1) is 0 Å². The van der Waals surface area contributed by atoms with Crippen molar-refractivity contribution in [1.82, 2.24) is 20.4 Å². The summed E-state index contributed by atoms with van der Waals surface area (Å²) in [5, 5.41) is 30.2. The highest BCUT2D eigenvalue weighted by atomic mass is 19.4. The highest BCUT2D eigenvalue weighted by Gasteiger charge is 2.38. The summed E-state index contributed by atoms with van der Waals surface area (Å²) in [7, 11) is 0. The van der Waals surface area contributed by atoms with E-state index in [1.54, 1.807) is 44.6 Å². The number of esters is 2. The van der Waals surface area contributed by atoms with E-state index in [0.717, 1.165) is 5.69 Å². The lowest BCUT2D eigenvalue weighted by Crippen LogP contribution is -2.52. The van der Waals surface area contributed by atoms with Gasteiger partial charge in [-0.05, 0) is 79.1 Å². The van der Waals surface area contributed by atoms with Gasteiger partial charge in [0.1, 0.15) is 36.5 Å². The zero-order chi connectivity index (χ0) is 44.4. The third-order valence-electron chi connectivity index (χ3n) is 9.14. The van der Waals surface area contributed by atoms with Crippen molar-refractivity contribution in [3.8, 4) is 11.4 Å². The molecule has 0 aliphatic heterocycles. The summed E-state index contributed by atoms with van der Waals surface area (Å²) in [5.41, 5.74) is -2.09. The number of halogens is 6. The number of aliphatic carboxylic acids is 2. The summed E-state index contributed by atoms with van der Waals surface area (Å²) in [6, 6.07) is 12.2. The molecule has 324 valence electrons. The van der Waals surface area contributed by atoms with Crippen molar-refractivity contribution in [2.45, 2.75) is 96.5 Å². The Bertz CT molecular complexity index is 2090. The van der Waals surface area contributed by atoms with Crippen molar-refractivity contribution in [3.63, 3.8) is 0 Å². The van der Waals surface area contributed by atoms with E-state index in [4.69, 9.17) is 9.47 Å². The van der Waals surface area contributed by atoms with Crippen LogP contribution in [0.25, 0.3) is 5.69 Å². The first kappa shape index (κ1) is 46.9. The van der Waals surface area contributed by atoms with Crippen LogP contribution in [0.4, 0.5) is 26.3 Å². The monoisotopic (exact) mass is 848 g/mol. The van der Waals surface area contributed by atoms with Crippen LogP contribution in [-0.4, -0.2) is 68.0 Å². The van der Waals surface area contributed by atoms with Crippen molar-refractivity contribution in [3.05, 3.63) is 113 Å². The van der Waals surface area contributed by atoms with Crippen LogP contribution in [-0.2, 0) is 55.7 Å². The number of hydrogen-bond donors (Lipinski definition) is 4. The second kappa shape index (κ2) is 20.5. The number of hydrogen-bond acceptors (Lipinski definition) is 9. The van der Waals surface area contributed by atoms with Crippen LogP contribution in [0.15, 0.2) is 85.1 Å². The minimum absolute atomic E-state index is 0.00252. The second-order valence-electron chi connectivity index (χ2n) is 15.0. The molecule has 0 saturated carbocycles. The molecule has 18 heteroatoms. The number of alkyl halides is 6. The lowest BCUT2D eigenvalue weighted by molar-refractivity contribution is -0.163. The molecule has 0 spiro atoms. The molecular formula is C42H46F6N4O8. The fraction of sp³-hybridized carbons (Fsp3) is 0.405. The van der Waals surface area contributed by atoms with Crippen LogP contribution in [0.2, 0.25) is 0 Å². The van der Waals surface area contributed by atoms with Gasteiger partial charge < -0.3 is 19.7 Å². The van der Waals surface area contributed by atoms with E-state index in [-0.39, 0.29) is 49.3 Å². The van der Waals surface area contributed by atoms with Crippen molar-refractivity contribution >= 4 is 23.9 Å². The second-order valence-corrected chi connectivity index (χ2v) is 15.0. The predicted octanol–water partition coefficient (Wildman–Crippen LogP) is 7.26. The van der Waals surface area contributed by atoms with Gasteiger partial charge in [0.05, 0.1) is 22.5 Å². The number of carbonyl (C=O) groups excluding carboxylic acids is 2. The smallest absolute Gasteiger partial charge is 0.416 e. The maximum atomic E-state index is 13.7. The molecule has 4 rings (SSSR count). The molecular weight excluding hydrogens is 802 g/mol. The number of ether oxygens (including phenoxy) is 2. The van der Waals surface area contributed by atoms with Crippen LogP contribution in [0.3, 0.4) is 0 Å². The number of para-hydroxylation sites is 1. The van der Waals surface area contributed by atoms with E-state index >= 15 is 0 Å². The number of nitrogens with zero attached hydrogens (tertiary/aromatic N) is 2. The van der Waals surface area contributed by atoms with Gasteiger partial charge in [-0.3, -0.25) is 20.2 Å². The Labute approximate surface area is 341 Å². The zero-order valence-corrected chi connectivity index (χ0v) is 33.1. The lowest BCUT2D eigenvalue weighted by atomic mass is 10.00. The molecule has 1 aromatic heterocycles. The van der Waals surface area contributed by atoms with Crippen molar-refractivity contribution in [2.75, 3.05) is 0 Å². The first-order chi connectivity index (χ1) is 28.1. The Morgan fingerprint density at radius 2 is 1.28 bits per heavy atom. The highest BCUT2D eigenvalue weighted by Crippen LogP contribution is 2.37. The zero-order valence-electron chi connectivity index (χ0n) is 33.1. The molecule has 3 aromatic carbocycles. The number of carboxylic acid groups (broad SMARTS) is 2. The first-order valence-corrected chi connectivity index (χ1v) is 18.9. The Kier molecular flexibility index (Phi) is 16.0. The van der Waals surface area contributed by atoms with Gasteiger partial charge in [0, 0.05) is 18.2 Å². The summed E-state index contributed by atoms with van der Waals surface area (Å²) in [6.45, 7) is 6.32. The molecule has 4 aromatic rings. The van der Waals surface area contributed by atoms with Crippen LogP contribution < -0.4 is 15.4 Å². The largest absolute Gasteiger partial charge is 0.489 e. The molecule has 4 unspecified atom stereocenters. The van der Waals surface area contributed by atoms with Gasteiger partial charge in [0.25, 0.3) is 0 Å². The molecule has 60 heavy (non-hydrogen) atoms. The third kappa shape index (κ3) is 13.9. The maximum absolute atomic E-state index is 13.7. The minimum Gasteiger partial charge on any atom is -0.489 e. The van der Waals surface area contributed by atoms with Gasteiger partial charge in [-0.1, -0.05) is 64.1 Å². The summed E-state index contributed by atoms with van der Waals surface area (Å²) < 4.78 is 92.7. The number of rotatable bonds is 20. The molecule has 4 N–H and O–H groups in total. The van der Waals surface area contributed by atoms with Crippen LogP contribution in [0, 0.1) is 11.8 Å². The highest BCUT2D eigenvalue weighted by molar-refractivity contribution is 5.91. The maximum Gasteiger partial charge on any atom is 0.416 e. The summed E-state index contributed by atoms with van der Waals surface area (Å²) >= 11 is 0. The topological polar surface area (TPSA) is 169 Å². The first-order valence-electron chi connectivity index (χ1n) is 18.9. The molecule has 0 aliphatic rings. The Morgan fingerprint density at radius 3 is 1.82 bits per heavy atom. The standard InChI is InChI=1S/C42H46F6N4O8/c1-24(2)17-35(39(57)60-40(58)36(18-25(3)4)50-34(38(55)56)22-29-15-16-52(51-29)30-10-6-5-7-11-30)49-33(37(53)54)20-26-9-8-12-31(19-26)59-23-27-13-14-28(41(43,44)45)21-32(27)42(46,47)48/h5-16,19,21,24-25,33-36,49-50H,17-18,20,22-23H2,1-4H3,(H,53,54)(H,55,56). The van der Waals surface area contributed by atoms with E-state index in [9.17, 15) is 55.7 Å². The summed E-state index contributed by atoms with van der Waals surface area (Å²) in [4.78, 5) is 51.9. The molecule has 0 fully saturated rings. The van der Waals surface area contributed by atoms with Gasteiger partial charge >= 0.3 is 36.2 Å². The molecule has 0 bridgehead atoms. The molecule has 0 saturated heterocycles. The number of carboxylic acids is 2. The van der Waals surface area contributed by atoms with Crippen LogP contribution in [0.1, 0.15) is 68.5 Å². The summed E-state index contributed by atoms with van der Waals surface area (Å²) in [6.07, 6.45) is -8.73. The predicted molar refractivity (Wildman–Crippen MR) is 205 cm³/mol. The van der Waals surface area contributed by atoms with E-state index in [0.29, 0.717) is 23.4 Å². The number of carbonyl (C=O) groups is 4. The molecule has 0 amide bonds. The van der Waals surface area contributed by atoms with E-state index in [1.807, 2.05) is 30.3 Å². The summed E-state index contributed by atoms with van der Waals surface area (Å²) in [5.74, 6) is -5.21. The Balaban J connectivity index is 1.46. The van der Waals surface area contributed by atoms with Crippen molar-refractivity contribution in [1.29, 1.82) is 0 Å². The SMILES string of the molecule is CC(C)CC(NC(Cc1cccc(OCc2ccc(C(F)(F)F)cc2C(F)(F)F)c1)C(=O)O)C(=O)OC(=O)C(CC(C)C)NC(Cc1ccn(-c2ccccc2)n1)C(=O)O. The van der Waals surface area contributed by atoms with Crippen molar-refractivity contribution in [2.24, 2.45) is 11.8 Å². The molecule has 12 nitrogen and oxygen atoms in total. The van der Waals surface area contributed by atoms with Crippen LogP contribution in [0.5, 0.6) is 5.75 Å².